The summed E-state index contributed by atoms with van der Waals surface area (Å²) in [7, 11) is 0. The van der Waals surface area contributed by atoms with Gasteiger partial charge in [-0.25, -0.2) is 4.98 Å². The number of nitrogens with one attached hydrogen (secondary N) is 1. The number of halogens is 1. The van der Waals surface area contributed by atoms with Gasteiger partial charge in [0.15, 0.2) is 5.96 Å². The van der Waals surface area contributed by atoms with Crippen molar-refractivity contribution in [2.75, 3.05) is 18.5 Å². The molecule has 118 valence electrons. The number of anilines is 1. The second-order valence-electron chi connectivity index (χ2n) is 5.09. The third kappa shape index (κ3) is 7.61. The molecule has 0 aliphatic heterocycles. The molecular formula is C15H25IN4O. The fourth-order valence-electron chi connectivity index (χ4n) is 2.40. The van der Waals surface area contributed by atoms with Gasteiger partial charge >= 0.3 is 0 Å². The van der Waals surface area contributed by atoms with E-state index in [4.69, 9.17) is 10.5 Å². The molecule has 1 fully saturated rings. The molecule has 0 atom stereocenters. The summed E-state index contributed by atoms with van der Waals surface area (Å²) in [5.41, 5.74) is 5.79. The van der Waals surface area contributed by atoms with Crippen LogP contribution in [0.1, 0.15) is 38.5 Å². The molecule has 1 aliphatic rings. The maximum Gasteiger partial charge on any atom is 0.194 e. The number of nitrogens with two attached hydrogens (primary N) is 1. The highest BCUT2D eigenvalue weighted by Crippen LogP contribution is 2.19. The van der Waals surface area contributed by atoms with E-state index < -0.39 is 0 Å². The normalized spacial score (nSPS) is 16.9. The number of aromatic nitrogens is 1. The molecule has 1 aromatic rings. The van der Waals surface area contributed by atoms with Gasteiger partial charge in [0.05, 0.1) is 19.3 Å². The van der Waals surface area contributed by atoms with Crippen LogP contribution in [0.25, 0.3) is 0 Å². The maximum atomic E-state index is 5.86. The van der Waals surface area contributed by atoms with Crippen molar-refractivity contribution in [2.24, 2.45) is 10.7 Å². The van der Waals surface area contributed by atoms with Crippen molar-refractivity contribution in [1.29, 1.82) is 0 Å². The van der Waals surface area contributed by atoms with Gasteiger partial charge in [-0.05, 0) is 25.0 Å². The molecule has 0 bridgehead atoms. The fraction of sp³-hybridized carbons (Fsp3) is 0.600. The van der Waals surface area contributed by atoms with Crippen LogP contribution in [0.3, 0.4) is 0 Å². The van der Waals surface area contributed by atoms with Crippen LogP contribution in [0, 0.1) is 0 Å². The summed E-state index contributed by atoms with van der Waals surface area (Å²) in [5, 5.41) is 2.95. The van der Waals surface area contributed by atoms with Gasteiger partial charge in [0, 0.05) is 6.20 Å². The molecule has 0 unspecified atom stereocenters. The van der Waals surface area contributed by atoms with Gasteiger partial charge in [-0.1, -0.05) is 31.7 Å². The molecule has 1 aromatic heterocycles. The average molecular weight is 404 g/mol. The second-order valence-corrected chi connectivity index (χ2v) is 5.09. The van der Waals surface area contributed by atoms with E-state index in [2.05, 4.69) is 15.3 Å². The van der Waals surface area contributed by atoms with Gasteiger partial charge < -0.3 is 15.8 Å². The average Bonchev–Trinajstić information content (AvgIpc) is 2.73. The lowest BCUT2D eigenvalue weighted by atomic mass is 10.1. The molecule has 21 heavy (non-hydrogen) atoms. The molecule has 0 amide bonds. The molecule has 2 rings (SSSR count). The monoisotopic (exact) mass is 404 g/mol. The van der Waals surface area contributed by atoms with Crippen LogP contribution >= 0.6 is 24.0 Å². The molecule has 0 saturated heterocycles. The molecular weight excluding hydrogens is 379 g/mol. The quantitative estimate of drug-likeness (QED) is 0.260. The zero-order chi connectivity index (χ0) is 14.0. The zero-order valence-corrected chi connectivity index (χ0v) is 14.7. The number of hydrogen-bond acceptors (Lipinski definition) is 3. The number of hydrogen-bond donors (Lipinski definition) is 2. The first kappa shape index (κ1) is 18.2. The summed E-state index contributed by atoms with van der Waals surface area (Å²) in [6, 6.07) is 5.61. The first-order valence-electron chi connectivity index (χ1n) is 7.44. The summed E-state index contributed by atoms with van der Waals surface area (Å²) >= 11 is 0. The van der Waals surface area contributed by atoms with E-state index in [-0.39, 0.29) is 24.0 Å². The Bertz CT molecular complexity index is 405. The lowest BCUT2D eigenvalue weighted by Gasteiger charge is -2.14. The molecule has 0 aromatic carbocycles. The molecule has 3 N–H and O–H groups in total. The van der Waals surface area contributed by atoms with E-state index in [1.54, 1.807) is 6.20 Å². The Hall–Kier alpha value is -0.890. The standard InChI is InChI=1S/C15H24N4O.HI/c16-15(19-14-9-5-6-10-17-14)18-11-12-20-13-7-3-1-2-4-8-13;/h5-6,9-10,13H,1-4,7-8,11-12H2,(H3,16,17,18,19);1H. The highest BCUT2D eigenvalue weighted by molar-refractivity contribution is 14.0. The van der Waals surface area contributed by atoms with Crippen LogP contribution in [-0.2, 0) is 4.74 Å². The molecule has 1 aliphatic carbocycles. The Kier molecular flexibility index (Phi) is 9.32. The zero-order valence-electron chi connectivity index (χ0n) is 12.3. The van der Waals surface area contributed by atoms with Crippen LogP contribution in [0.5, 0.6) is 0 Å². The minimum atomic E-state index is 0. The Morgan fingerprint density at radius 2 is 2.05 bits per heavy atom. The van der Waals surface area contributed by atoms with E-state index in [1.165, 1.54) is 38.5 Å². The summed E-state index contributed by atoms with van der Waals surface area (Å²) in [6.45, 7) is 1.22. The van der Waals surface area contributed by atoms with Crippen molar-refractivity contribution in [1.82, 2.24) is 4.98 Å². The topological polar surface area (TPSA) is 72.5 Å². The Balaban J connectivity index is 0.00000220. The fourth-order valence-corrected chi connectivity index (χ4v) is 2.40. The van der Waals surface area contributed by atoms with E-state index in [0.717, 1.165) is 0 Å². The van der Waals surface area contributed by atoms with Gasteiger partial charge in [0.25, 0.3) is 0 Å². The summed E-state index contributed by atoms with van der Waals surface area (Å²) in [4.78, 5) is 8.37. The minimum Gasteiger partial charge on any atom is -0.376 e. The summed E-state index contributed by atoms with van der Waals surface area (Å²) in [5.74, 6) is 1.09. The SMILES string of the molecule is I.NC(=NCCOC1CCCCCC1)Nc1ccccn1. The predicted molar refractivity (Wildman–Crippen MR) is 97.2 cm³/mol. The van der Waals surface area contributed by atoms with E-state index in [9.17, 15) is 0 Å². The lowest BCUT2D eigenvalue weighted by molar-refractivity contribution is 0.0487. The van der Waals surface area contributed by atoms with Crippen LogP contribution in [0.4, 0.5) is 5.82 Å². The van der Waals surface area contributed by atoms with Gasteiger partial charge in [-0.3, -0.25) is 4.99 Å². The number of nitrogens with zero attached hydrogens (tertiary/aromatic N) is 2. The van der Waals surface area contributed by atoms with Crippen molar-refractivity contribution in [3.05, 3.63) is 24.4 Å². The largest absolute Gasteiger partial charge is 0.376 e. The van der Waals surface area contributed by atoms with Crippen molar-refractivity contribution < 1.29 is 4.74 Å². The molecule has 0 spiro atoms. The lowest BCUT2D eigenvalue weighted by Crippen LogP contribution is -2.24. The molecule has 1 heterocycles. The maximum absolute atomic E-state index is 5.86. The van der Waals surface area contributed by atoms with Gasteiger partial charge in [-0.15, -0.1) is 24.0 Å². The Morgan fingerprint density at radius 3 is 2.71 bits per heavy atom. The van der Waals surface area contributed by atoms with Crippen LogP contribution in [0.15, 0.2) is 29.4 Å². The van der Waals surface area contributed by atoms with Crippen molar-refractivity contribution in [2.45, 2.75) is 44.6 Å². The first-order chi connectivity index (χ1) is 9.84. The first-order valence-corrected chi connectivity index (χ1v) is 7.44. The third-order valence-electron chi connectivity index (χ3n) is 3.45. The van der Waals surface area contributed by atoms with Crippen LogP contribution < -0.4 is 11.1 Å². The highest BCUT2D eigenvalue weighted by atomic mass is 127. The summed E-state index contributed by atoms with van der Waals surface area (Å²) < 4.78 is 5.86. The van der Waals surface area contributed by atoms with Crippen molar-refractivity contribution >= 4 is 35.8 Å². The number of pyridine rings is 1. The highest BCUT2D eigenvalue weighted by Gasteiger charge is 2.11. The van der Waals surface area contributed by atoms with Crippen molar-refractivity contribution in [3.8, 4) is 0 Å². The van der Waals surface area contributed by atoms with E-state index in [0.29, 0.717) is 31.0 Å². The molecule has 1 saturated carbocycles. The van der Waals surface area contributed by atoms with E-state index in [1.807, 2.05) is 18.2 Å². The Labute approximate surface area is 143 Å². The number of guanidine groups is 1. The van der Waals surface area contributed by atoms with Crippen molar-refractivity contribution in [3.63, 3.8) is 0 Å². The number of ether oxygens (including phenoxy) is 1. The van der Waals surface area contributed by atoms with Gasteiger partial charge in [0.2, 0.25) is 0 Å². The Morgan fingerprint density at radius 1 is 1.29 bits per heavy atom. The number of aliphatic imine (C=N–C) groups is 1. The van der Waals surface area contributed by atoms with Crippen LogP contribution in [-0.4, -0.2) is 30.2 Å². The van der Waals surface area contributed by atoms with E-state index >= 15 is 0 Å². The third-order valence-corrected chi connectivity index (χ3v) is 3.45. The molecule has 5 nitrogen and oxygen atoms in total. The van der Waals surface area contributed by atoms with Gasteiger partial charge in [0.1, 0.15) is 5.82 Å². The smallest absolute Gasteiger partial charge is 0.194 e. The molecule has 0 radical (unpaired) electrons. The van der Waals surface area contributed by atoms with Crippen LogP contribution in [0.2, 0.25) is 0 Å². The predicted octanol–water partition coefficient (Wildman–Crippen LogP) is 3.17. The number of rotatable bonds is 5. The van der Waals surface area contributed by atoms with Gasteiger partial charge in [-0.2, -0.15) is 0 Å². The molecule has 6 heteroatoms. The summed E-state index contributed by atoms with van der Waals surface area (Å²) in [6.07, 6.45) is 9.77. The second kappa shape index (κ2) is 10.8. The minimum absolute atomic E-state index is 0.